The third-order valence-electron chi connectivity index (χ3n) is 3.76. The Bertz CT molecular complexity index is 430. The Labute approximate surface area is 97.8 Å². The Morgan fingerprint density at radius 1 is 1.25 bits per heavy atom. The van der Waals surface area contributed by atoms with Gasteiger partial charge in [-0.05, 0) is 20.4 Å². The van der Waals surface area contributed by atoms with Crippen LogP contribution in [0.2, 0.25) is 0 Å². The van der Waals surface area contributed by atoms with E-state index in [1.54, 1.807) is 0 Å². The molecule has 0 bridgehead atoms. The van der Waals surface area contributed by atoms with Gasteiger partial charge >= 0.3 is 0 Å². The Morgan fingerprint density at radius 2 is 1.94 bits per heavy atom. The molecule has 2 heteroatoms. The fraction of sp³-hybridized carbons (Fsp3) is 0.500. The molecule has 0 radical (unpaired) electrons. The highest BCUT2D eigenvalue weighted by Gasteiger charge is 2.42. The van der Waals surface area contributed by atoms with Gasteiger partial charge < -0.3 is 5.73 Å². The maximum Gasteiger partial charge on any atom is 0.209 e. The lowest BCUT2D eigenvalue weighted by Gasteiger charge is -2.14. The molecule has 1 aromatic carbocycles. The van der Waals surface area contributed by atoms with Crippen molar-refractivity contribution in [3.63, 3.8) is 0 Å². The quantitative estimate of drug-likeness (QED) is 0.774. The first kappa shape index (κ1) is 11.3. The number of benzene rings is 1. The normalized spacial score (nSPS) is 17.8. The molecule has 16 heavy (non-hydrogen) atoms. The molecule has 0 saturated heterocycles. The van der Waals surface area contributed by atoms with Crippen LogP contribution in [-0.4, -0.2) is 23.4 Å². The molecular weight excluding hydrogens is 196 g/mol. The van der Waals surface area contributed by atoms with Crippen molar-refractivity contribution >= 4 is 11.4 Å². The summed E-state index contributed by atoms with van der Waals surface area (Å²) in [6.45, 7) is 8.61. The Hall–Kier alpha value is -1.15. The molecule has 1 aliphatic rings. The Morgan fingerprint density at radius 3 is 2.62 bits per heavy atom. The van der Waals surface area contributed by atoms with Gasteiger partial charge in [-0.25, -0.2) is 0 Å². The lowest BCUT2D eigenvalue weighted by Crippen LogP contribution is -2.27. The third-order valence-corrected chi connectivity index (χ3v) is 3.76. The maximum atomic E-state index is 5.60. The van der Waals surface area contributed by atoms with Gasteiger partial charge in [-0.1, -0.05) is 18.2 Å². The summed E-state index contributed by atoms with van der Waals surface area (Å²) in [4.78, 5) is 0. The molecule has 0 atom stereocenters. The predicted octanol–water partition coefficient (Wildman–Crippen LogP) is 2.43. The lowest BCUT2D eigenvalue weighted by atomic mass is 9.82. The van der Waals surface area contributed by atoms with E-state index in [2.05, 4.69) is 49.6 Å². The number of hydrogen-bond donors (Lipinski definition) is 1. The zero-order chi connectivity index (χ0) is 11.8. The van der Waals surface area contributed by atoms with E-state index >= 15 is 0 Å². The van der Waals surface area contributed by atoms with Gasteiger partial charge in [0.25, 0.3) is 0 Å². The fourth-order valence-electron chi connectivity index (χ4n) is 2.49. The summed E-state index contributed by atoms with van der Waals surface area (Å²) in [6, 6.07) is 8.69. The van der Waals surface area contributed by atoms with Gasteiger partial charge in [-0.15, -0.1) is 0 Å². The monoisotopic (exact) mass is 217 g/mol. The van der Waals surface area contributed by atoms with Crippen molar-refractivity contribution in [2.75, 3.05) is 13.1 Å². The number of rotatable bonds is 3. The Balaban J connectivity index is 2.47. The number of nitrogens with two attached hydrogens (primary N) is 1. The van der Waals surface area contributed by atoms with Crippen LogP contribution in [0.3, 0.4) is 0 Å². The summed E-state index contributed by atoms with van der Waals surface area (Å²) in [5.41, 5.74) is 9.99. The minimum Gasteiger partial charge on any atom is -0.330 e. The van der Waals surface area contributed by atoms with Crippen LogP contribution >= 0.6 is 0 Å². The lowest BCUT2D eigenvalue weighted by molar-refractivity contribution is -0.439. The first-order valence-electron chi connectivity index (χ1n) is 6.00. The molecule has 2 rings (SSSR count). The molecule has 0 fully saturated rings. The van der Waals surface area contributed by atoms with Crippen LogP contribution in [0.15, 0.2) is 24.3 Å². The van der Waals surface area contributed by atoms with Crippen molar-refractivity contribution in [2.45, 2.75) is 32.6 Å². The number of fused-ring (bicyclic) bond motifs is 1. The fourth-order valence-corrected chi connectivity index (χ4v) is 2.49. The van der Waals surface area contributed by atoms with Crippen molar-refractivity contribution in [2.24, 2.45) is 5.73 Å². The zero-order valence-corrected chi connectivity index (χ0v) is 10.5. The second kappa shape index (κ2) is 4.02. The highest BCUT2D eigenvalue weighted by molar-refractivity contribution is 5.93. The van der Waals surface area contributed by atoms with Gasteiger partial charge in [0, 0.05) is 25.0 Å². The molecule has 86 valence electrons. The number of para-hydroxylation sites is 1. The van der Waals surface area contributed by atoms with Crippen LogP contribution in [0, 0.1) is 0 Å². The van der Waals surface area contributed by atoms with Gasteiger partial charge in [-0.3, -0.25) is 0 Å². The molecule has 0 unspecified atom stereocenters. The van der Waals surface area contributed by atoms with Crippen LogP contribution in [0.5, 0.6) is 0 Å². The summed E-state index contributed by atoms with van der Waals surface area (Å²) in [7, 11) is 0. The van der Waals surface area contributed by atoms with E-state index < -0.39 is 0 Å². The number of nitrogens with zero attached hydrogens (tertiary/aromatic N) is 1. The van der Waals surface area contributed by atoms with Crippen LogP contribution in [0.4, 0.5) is 5.69 Å². The van der Waals surface area contributed by atoms with Crippen molar-refractivity contribution in [1.29, 1.82) is 0 Å². The van der Waals surface area contributed by atoms with E-state index in [4.69, 9.17) is 5.73 Å². The highest BCUT2D eigenvalue weighted by Crippen LogP contribution is 2.38. The van der Waals surface area contributed by atoms with Gasteiger partial charge in [0.1, 0.15) is 6.54 Å². The van der Waals surface area contributed by atoms with Gasteiger partial charge in [-0.2, -0.15) is 4.58 Å². The summed E-state index contributed by atoms with van der Waals surface area (Å²) in [5.74, 6) is 0. The van der Waals surface area contributed by atoms with Crippen molar-refractivity contribution in [1.82, 2.24) is 0 Å². The van der Waals surface area contributed by atoms with Gasteiger partial charge in [0.15, 0.2) is 5.71 Å². The first-order valence-corrected chi connectivity index (χ1v) is 6.00. The molecule has 1 heterocycles. The minimum absolute atomic E-state index is 0.158. The molecule has 1 aromatic rings. The van der Waals surface area contributed by atoms with Gasteiger partial charge in [0.05, 0.1) is 5.41 Å². The topological polar surface area (TPSA) is 29.0 Å². The second-order valence-electron chi connectivity index (χ2n) is 5.02. The van der Waals surface area contributed by atoms with Crippen LogP contribution in [-0.2, 0) is 5.41 Å². The summed E-state index contributed by atoms with van der Waals surface area (Å²) >= 11 is 0. The molecule has 2 nitrogen and oxygen atoms in total. The van der Waals surface area contributed by atoms with Crippen LogP contribution in [0.25, 0.3) is 0 Å². The molecule has 0 saturated carbocycles. The maximum absolute atomic E-state index is 5.60. The molecular formula is C14H21N2+. The zero-order valence-electron chi connectivity index (χ0n) is 10.5. The summed E-state index contributed by atoms with van der Waals surface area (Å²) < 4.78 is 2.42. The summed E-state index contributed by atoms with van der Waals surface area (Å²) in [6.07, 6.45) is 1.04. The van der Waals surface area contributed by atoms with E-state index in [-0.39, 0.29) is 5.41 Å². The smallest absolute Gasteiger partial charge is 0.209 e. The molecule has 1 aliphatic heterocycles. The van der Waals surface area contributed by atoms with Crippen LogP contribution in [0.1, 0.15) is 32.8 Å². The van der Waals surface area contributed by atoms with E-state index in [0.29, 0.717) is 0 Å². The van der Waals surface area contributed by atoms with Crippen molar-refractivity contribution < 1.29 is 4.58 Å². The van der Waals surface area contributed by atoms with Gasteiger partial charge in [0.2, 0.25) is 5.69 Å². The first-order chi connectivity index (χ1) is 7.59. The molecule has 0 aliphatic carbocycles. The highest BCUT2D eigenvalue weighted by atomic mass is 15.1. The van der Waals surface area contributed by atoms with E-state index in [1.165, 1.54) is 17.0 Å². The largest absolute Gasteiger partial charge is 0.330 e. The Kier molecular flexibility index (Phi) is 2.85. The molecule has 0 amide bonds. The molecule has 0 spiro atoms. The average Bonchev–Trinajstić information content (AvgIpc) is 2.47. The van der Waals surface area contributed by atoms with Crippen molar-refractivity contribution in [3.8, 4) is 0 Å². The number of hydrogen-bond acceptors (Lipinski definition) is 1. The van der Waals surface area contributed by atoms with E-state index in [1.807, 2.05) is 0 Å². The standard InChI is InChI=1S/C14H21N2/c1-11-14(2,3)12-7-4-5-8-13(12)16(11)10-6-9-15/h4-5,7-8H,6,9-10,15H2,1-3H3/q+1. The SMILES string of the molecule is CC1=[N+](CCCN)c2ccccc2C1(C)C. The van der Waals surface area contributed by atoms with Crippen LogP contribution < -0.4 is 5.73 Å². The average molecular weight is 217 g/mol. The minimum atomic E-state index is 0.158. The predicted molar refractivity (Wildman–Crippen MR) is 68.6 cm³/mol. The van der Waals surface area contributed by atoms with E-state index in [0.717, 1.165) is 19.5 Å². The van der Waals surface area contributed by atoms with E-state index in [9.17, 15) is 0 Å². The second-order valence-corrected chi connectivity index (χ2v) is 5.02. The molecule has 0 aromatic heterocycles. The molecule has 2 N–H and O–H groups in total. The van der Waals surface area contributed by atoms with Crippen molar-refractivity contribution in [3.05, 3.63) is 29.8 Å². The third kappa shape index (κ3) is 1.57. The summed E-state index contributed by atoms with van der Waals surface area (Å²) in [5, 5.41) is 0.